The summed E-state index contributed by atoms with van der Waals surface area (Å²) in [5.74, 6) is -5.50. The van der Waals surface area contributed by atoms with Crippen LogP contribution in [0.5, 0.6) is 11.5 Å². The summed E-state index contributed by atoms with van der Waals surface area (Å²) in [7, 11) is 0. The number of nitrogens with zero attached hydrogens (tertiary/aromatic N) is 4. The Balaban J connectivity index is 0.00000803. The van der Waals surface area contributed by atoms with Gasteiger partial charge in [-0.15, -0.1) is 53.6 Å². The number of pyridine rings is 1. The number of aromatic nitrogens is 2. The van der Waals surface area contributed by atoms with Crippen LogP contribution in [0.3, 0.4) is 0 Å². The van der Waals surface area contributed by atoms with Crippen LogP contribution in [0.4, 0.5) is 22.7 Å². The maximum absolute atomic E-state index is 9.47. The van der Waals surface area contributed by atoms with Crippen molar-refractivity contribution in [3.8, 4) is 28.4 Å². The van der Waals surface area contributed by atoms with Gasteiger partial charge in [-0.1, -0.05) is 148 Å². The molecule has 6 aromatic carbocycles. The van der Waals surface area contributed by atoms with Gasteiger partial charge in [0.25, 0.3) is 0 Å². The maximum Gasteiger partial charge on any atom is 0.135 e. The molecule has 0 N–H and O–H groups in total. The number of rotatable bonds is 10. The van der Waals surface area contributed by atoms with E-state index < -0.39 is 56.0 Å². The van der Waals surface area contributed by atoms with Gasteiger partial charge in [-0.2, -0.15) is 6.07 Å². The molecule has 64 heavy (non-hydrogen) atoms. The van der Waals surface area contributed by atoms with Crippen LogP contribution in [0.25, 0.3) is 38.8 Å². The van der Waals surface area contributed by atoms with Gasteiger partial charge >= 0.3 is 0 Å². The predicted molar refractivity (Wildman–Crippen MR) is 265 cm³/mol. The van der Waals surface area contributed by atoms with Crippen molar-refractivity contribution in [1.82, 2.24) is 9.55 Å². The van der Waals surface area contributed by atoms with E-state index >= 15 is 0 Å². The molecule has 0 amide bonds. The largest absolute Gasteiger partial charge is 0.509 e. The molecule has 0 saturated carbocycles. The molecule has 6 heteroatoms. The Labute approximate surface area is 415 Å². The zero-order valence-electron chi connectivity index (χ0n) is 50.9. The normalized spacial score (nSPS) is 17.3. The fourth-order valence-electron chi connectivity index (χ4n) is 8.73. The fourth-order valence-corrected chi connectivity index (χ4v) is 8.73. The van der Waals surface area contributed by atoms with Crippen molar-refractivity contribution in [2.75, 3.05) is 9.80 Å². The third-order valence-electron chi connectivity index (χ3n) is 11.8. The first-order valence-corrected chi connectivity index (χ1v) is 21.3. The molecule has 3 heterocycles. The minimum atomic E-state index is -3.59. The first-order chi connectivity index (χ1) is 35.8. The van der Waals surface area contributed by atoms with Crippen LogP contribution in [-0.2, 0) is 26.5 Å². The second kappa shape index (κ2) is 17.7. The Hall–Kier alpha value is -5.64. The average Bonchev–Trinajstić information content (AvgIpc) is 4.07. The van der Waals surface area contributed by atoms with Crippen LogP contribution in [0.1, 0.15) is 147 Å². The van der Waals surface area contributed by atoms with Crippen LogP contribution in [-0.4, -0.2) is 9.55 Å². The van der Waals surface area contributed by atoms with Crippen LogP contribution < -0.4 is 14.5 Å². The molecule has 9 rings (SSSR count). The Morgan fingerprint density at radius 2 is 1.28 bits per heavy atom. The van der Waals surface area contributed by atoms with E-state index in [0.29, 0.717) is 22.9 Å². The zero-order valence-corrected chi connectivity index (χ0v) is 39.1. The predicted octanol–water partition coefficient (Wildman–Crippen LogP) is 16.4. The third-order valence-corrected chi connectivity index (χ3v) is 11.8. The molecule has 0 atom stereocenters. The smallest absolute Gasteiger partial charge is 0.135 e. The van der Waals surface area contributed by atoms with E-state index in [-0.39, 0.29) is 49.8 Å². The van der Waals surface area contributed by atoms with Crippen molar-refractivity contribution in [1.29, 1.82) is 0 Å². The number of hydrogen-bond acceptors (Lipinski definition) is 4. The van der Waals surface area contributed by atoms with E-state index in [2.05, 4.69) is 89.4 Å². The Kier molecular flexibility index (Phi) is 8.45. The van der Waals surface area contributed by atoms with Gasteiger partial charge in [-0.05, 0) is 98.1 Å². The standard InChI is InChI=1S/C58H59N4O.Pt/c1-36(2)45-19-16-20-46(37(3)4)56(45)40-30-42(60-35-61(53-25-15-14-24-52(53)60)57-47(38(5)6)21-17-22-48(57)39(7)8)33-44(31-40)63-43-26-27-50-49-18-12-13-23-51(49)62(54(50)34-43)55-32-41(28-29-59-55)58(9,10)11;/h12-32,35-39H,1-11H3;/q-3;/i5D3,6D3,7D3,8D3,38D,39D;. The van der Waals surface area contributed by atoms with Crippen molar-refractivity contribution < 1.29 is 45.0 Å². The summed E-state index contributed by atoms with van der Waals surface area (Å²) in [6.45, 7) is 1.95. The minimum Gasteiger partial charge on any atom is -0.509 e. The van der Waals surface area contributed by atoms with E-state index in [1.807, 2.05) is 60.8 Å². The zero-order chi connectivity index (χ0) is 56.2. The van der Waals surface area contributed by atoms with Crippen molar-refractivity contribution in [2.24, 2.45) is 0 Å². The summed E-state index contributed by atoms with van der Waals surface area (Å²) < 4.78 is 131. The number of hydrogen-bond donors (Lipinski definition) is 0. The molecule has 0 saturated heterocycles. The van der Waals surface area contributed by atoms with Gasteiger partial charge in [0.1, 0.15) is 5.82 Å². The van der Waals surface area contributed by atoms with E-state index in [1.165, 1.54) is 11.6 Å². The first-order valence-electron chi connectivity index (χ1n) is 28.3. The van der Waals surface area contributed by atoms with Crippen molar-refractivity contribution in [3.63, 3.8) is 0 Å². The average molecular weight is 1040 g/mol. The summed E-state index contributed by atoms with van der Waals surface area (Å²) in [5.41, 5.74) is 5.32. The van der Waals surface area contributed by atoms with Gasteiger partial charge in [-0.3, -0.25) is 0 Å². The topological polar surface area (TPSA) is 33.5 Å². The molecule has 0 spiro atoms. The molecule has 330 valence electrons. The van der Waals surface area contributed by atoms with Crippen LogP contribution in [0.2, 0.25) is 0 Å². The molecule has 1 aliphatic rings. The molecule has 0 fully saturated rings. The van der Waals surface area contributed by atoms with Gasteiger partial charge in [-0.25, -0.2) is 4.98 Å². The second-order valence-electron chi connectivity index (χ2n) is 17.7. The molecular formula is C58H59N4OPt-3. The molecule has 0 aliphatic carbocycles. The molecular weight excluding hydrogens is 964 g/mol. The quantitative estimate of drug-likeness (QED) is 0.128. The summed E-state index contributed by atoms with van der Waals surface area (Å²) in [4.78, 5) is 7.79. The summed E-state index contributed by atoms with van der Waals surface area (Å²) in [5, 5.41) is 1.92. The molecule has 0 bridgehead atoms. The summed E-state index contributed by atoms with van der Waals surface area (Å²) in [6.07, 6.45) is 1.81. The number of anilines is 4. The molecule has 0 unspecified atom stereocenters. The monoisotopic (exact) mass is 1040 g/mol. The van der Waals surface area contributed by atoms with E-state index in [9.17, 15) is 2.74 Å². The molecule has 0 radical (unpaired) electrons. The number of para-hydroxylation sites is 4. The fraction of sp³-hybridized carbons (Fsp3) is 0.276. The Morgan fingerprint density at radius 1 is 0.656 bits per heavy atom. The second-order valence-corrected chi connectivity index (χ2v) is 17.7. The number of ether oxygens (including phenoxy) is 1. The molecule has 8 aromatic rings. The summed E-state index contributed by atoms with van der Waals surface area (Å²) in [6, 6.07) is 42.9. The Morgan fingerprint density at radius 3 is 1.92 bits per heavy atom. The van der Waals surface area contributed by atoms with Gasteiger partial charge in [0, 0.05) is 80.5 Å². The van der Waals surface area contributed by atoms with E-state index in [1.54, 1.807) is 29.2 Å². The van der Waals surface area contributed by atoms with E-state index in [0.717, 1.165) is 67.8 Å². The minimum absolute atomic E-state index is 0. The summed E-state index contributed by atoms with van der Waals surface area (Å²) >= 11 is 0. The van der Waals surface area contributed by atoms with Gasteiger partial charge in [0.15, 0.2) is 0 Å². The van der Waals surface area contributed by atoms with Gasteiger partial charge < -0.3 is 19.1 Å². The van der Waals surface area contributed by atoms with Crippen molar-refractivity contribution in [2.45, 2.75) is 105 Å². The molecule has 5 nitrogen and oxygen atoms in total. The first kappa shape index (κ1) is 30.5. The number of benzene rings is 6. The van der Waals surface area contributed by atoms with Crippen molar-refractivity contribution in [3.05, 3.63) is 174 Å². The third kappa shape index (κ3) is 8.17. The van der Waals surface area contributed by atoms with Crippen LogP contribution in [0, 0.1) is 18.8 Å². The van der Waals surface area contributed by atoms with Gasteiger partial charge in [0.05, 0.1) is 0 Å². The van der Waals surface area contributed by atoms with Crippen LogP contribution in [0.15, 0.2) is 128 Å². The molecule has 1 aliphatic heterocycles. The maximum atomic E-state index is 9.47. The Bertz CT molecular complexity index is 3440. The van der Waals surface area contributed by atoms with Crippen LogP contribution >= 0.6 is 0 Å². The SMILES string of the molecule is [2H]C([2H])([2H])C([2H])(c1cccc(C([2H])(C([2H])([2H])[2H])C([2H])([2H])[2H])c1N1[CH-]N(c2[c-]c(Oc3[c-]c4c(cc3)c3ccccc3n4-c3cc(C(C)(C)C)ccn3)cc(-c3c(C(C)C)cccc3C(C)C)c2)c2ccccc21)C([2H])([2H])[2H].[Pt]. The van der Waals surface area contributed by atoms with E-state index in [4.69, 9.17) is 26.2 Å². The van der Waals surface area contributed by atoms with Crippen molar-refractivity contribution >= 4 is 44.6 Å². The van der Waals surface area contributed by atoms with Gasteiger partial charge in [0.2, 0.25) is 0 Å². The molecule has 2 aromatic heterocycles. The number of fused-ring (bicyclic) bond motifs is 4.